The molecule has 0 radical (unpaired) electrons. The van der Waals surface area contributed by atoms with Crippen LogP contribution >= 0.6 is 34.5 Å². The van der Waals surface area contributed by atoms with Gasteiger partial charge in [0.2, 0.25) is 11.2 Å². The average molecular weight is 431 g/mol. The van der Waals surface area contributed by atoms with Gasteiger partial charge in [-0.05, 0) is 60.3 Å². The molecule has 2 aromatic heterocycles. The van der Waals surface area contributed by atoms with Crippen molar-refractivity contribution in [1.82, 2.24) is 0 Å². The van der Waals surface area contributed by atoms with Gasteiger partial charge in [0.05, 0.1) is 5.39 Å². The topological polar surface area (TPSA) is 56.5 Å². The predicted octanol–water partition coefficient (Wildman–Crippen LogP) is 6.36. The zero-order chi connectivity index (χ0) is 19.8. The predicted molar refractivity (Wildman–Crippen MR) is 112 cm³/mol. The number of benzene rings is 2. The molecule has 2 aromatic carbocycles. The SMILES string of the molecule is Cc1cc2oc(-c3ccc(Cl)cc3)c(OC(=O)c3cccs3)c(=O)c2cc1Cl. The standard InChI is InChI=1S/C21H12Cl2O4S/c1-11-9-16-14(10-15(11)23)18(24)20(27-21(25)17-3-2-8-28-17)19(26-16)12-4-6-13(22)7-5-12/h2-10H,1H3. The van der Waals surface area contributed by atoms with Gasteiger partial charge in [-0.1, -0.05) is 29.3 Å². The van der Waals surface area contributed by atoms with Gasteiger partial charge in [0.25, 0.3) is 0 Å². The van der Waals surface area contributed by atoms with E-state index in [1.165, 1.54) is 17.4 Å². The number of carbonyl (C=O) groups is 1. The fourth-order valence-corrected chi connectivity index (χ4v) is 3.61. The Morgan fingerprint density at radius 3 is 2.54 bits per heavy atom. The maximum atomic E-state index is 13.1. The van der Waals surface area contributed by atoms with Crippen molar-refractivity contribution in [2.75, 3.05) is 0 Å². The third-order valence-electron chi connectivity index (χ3n) is 4.15. The highest BCUT2D eigenvalue weighted by molar-refractivity contribution is 7.12. The molecule has 0 aliphatic carbocycles. The van der Waals surface area contributed by atoms with Gasteiger partial charge in [-0.3, -0.25) is 4.79 Å². The summed E-state index contributed by atoms with van der Waals surface area (Å²) < 4.78 is 11.5. The number of aryl methyl sites for hydroxylation is 1. The third-order valence-corrected chi connectivity index (χ3v) is 5.66. The van der Waals surface area contributed by atoms with Crippen molar-refractivity contribution in [1.29, 1.82) is 0 Å². The smallest absolute Gasteiger partial charge is 0.353 e. The molecular formula is C21H12Cl2O4S. The van der Waals surface area contributed by atoms with Crippen LogP contribution in [-0.2, 0) is 0 Å². The molecule has 4 rings (SSSR count). The quantitative estimate of drug-likeness (QED) is 0.355. The minimum Gasteiger partial charge on any atom is -0.452 e. The van der Waals surface area contributed by atoms with Crippen LogP contribution in [0, 0.1) is 6.92 Å². The second-order valence-electron chi connectivity index (χ2n) is 6.06. The lowest BCUT2D eigenvalue weighted by atomic mass is 10.1. The molecule has 140 valence electrons. The number of fused-ring (bicyclic) bond motifs is 1. The van der Waals surface area contributed by atoms with Crippen LogP contribution in [0.1, 0.15) is 15.2 Å². The highest BCUT2D eigenvalue weighted by atomic mass is 35.5. The molecule has 7 heteroatoms. The number of rotatable bonds is 3. The number of halogens is 2. The zero-order valence-corrected chi connectivity index (χ0v) is 16.8. The van der Waals surface area contributed by atoms with Gasteiger partial charge >= 0.3 is 5.97 Å². The van der Waals surface area contributed by atoms with E-state index in [1.807, 2.05) is 6.92 Å². The van der Waals surface area contributed by atoms with Crippen LogP contribution in [0.15, 0.2) is 63.1 Å². The van der Waals surface area contributed by atoms with Crippen LogP contribution < -0.4 is 10.2 Å². The van der Waals surface area contributed by atoms with E-state index >= 15 is 0 Å². The summed E-state index contributed by atoms with van der Waals surface area (Å²) in [6, 6.07) is 13.3. The van der Waals surface area contributed by atoms with Gasteiger partial charge in [0, 0.05) is 15.6 Å². The minimum atomic E-state index is -0.630. The second-order valence-corrected chi connectivity index (χ2v) is 7.85. The van der Waals surface area contributed by atoms with Crippen LogP contribution in [0.2, 0.25) is 10.0 Å². The van der Waals surface area contributed by atoms with E-state index in [9.17, 15) is 9.59 Å². The largest absolute Gasteiger partial charge is 0.452 e. The molecule has 0 bridgehead atoms. The highest BCUT2D eigenvalue weighted by Crippen LogP contribution is 2.33. The third kappa shape index (κ3) is 3.44. The van der Waals surface area contributed by atoms with Crippen molar-refractivity contribution >= 4 is 51.5 Å². The first kappa shape index (κ1) is 18.7. The molecule has 2 heterocycles. The number of thiophene rings is 1. The van der Waals surface area contributed by atoms with Gasteiger partial charge in [0.1, 0.15) is 10.5 Å². The van der Waals surface area contributed by atoms with Crippen LogP contribution in [0.5, 0.6) is 5.75 Å². The van der Waals surface area contributed by atoms with E-state index in [-0.39, 0.29) is 16.9 Å². The monoisotopic (exact) mass is 430 g/mol. The molecule has 0 N–H and O–H groups in total. The number of ether oxygens (including phenoxy) is 1. The minimum absolute atomic E-state index is 0.154. The lowest BCUT2D eigenvalue weighted by Crippen LogP contribution is -2.15. The van der Waals surface area contributed by atoms with Crippen molar-refractivity contribution < 1.29 is 13.9 Å². The first-order valence-corrected chi connectivity index (χ1v) is 9.86. The molecule has 0 saturated carbocycles. The summed E-state index contributed by atoms with van der Waals surface area (Å²) in [7, 11) is 0. The average Bonchev–Trinajstić information content (AvgIpc) is 3.21. The Kier molecular flexibility index (Phi) is 4.98. The van der Waals surface area contributed by atoms with Crippen LogP contribution in [-0.4, -0.2) is 5.97 Å². The Morgan fingerprint density at radius 1 is 1.11 bits per heavy atom. The van der Waals surface area contributed by atoms with Crippen molar-refractivity contribution in [3.05, 3.63) is 84.6 Å². The van der Waals surface area contributed by atoms with Crippen molar-refractivity contribution in [2.24, 2.45) is 0 Å². The zero-order valence-electron chi connectivity index (χ0n) is 14.5. The Morgan fingerprint density at radius 2 is 1.86 bits per heavy atom. The molecule has 0 fully saturated rings. The summed E-state index contributed by atoms with van der Waals surface area (Å²) in [5, 5.41) is 2.95. The summed E-state index contributed by atoms with van der Waals surface area (Å²) in [4.78, 5) is 26.0. The first-order valence-electron chi connectivity index (χ1n) is 8.22. The highest BCUT2D eigenvalue weighted by Gasteiger charge is 2.22. The van der Waals surface area contributed by atoms with Crippen molar-refractivity contribution in [2.45, 2.75) is 6.92 Å². The van der Waals surface area contributed by atoms with E-state index in [2.05, 4.69) is 0 Å². The summed E-state index contributed by atoms with van der Waals surface area (Å²) in [6.45, 7) is 1.81. The number of hydrogen-bond acceptors (Lipinski definition) is 5. The van der Waals surface area contributed by atoms with Crippen LogP contribution in [0.3, 0.4) is 0 Å². The molecule has 4 aromatic rings. The van der Waals surface area contributed by atoms with Gasteiger partial charge in [0.15, 0.2) is 5.76 Å². The molecule has 0 aliphatic heterocycles. The van der Waals surface area contributed by atoms with E-state index in [4.69, 9.17) is 32.4 Å². The molecule has 28 heavy (non-hydrogen) atoms. The summed E-state index contributed by atoms with van der Waals surface area (Å²) >= 11 is 13.4. The molecular weight excluding hydrogens is 419 g/mol. The first-order chi connectivity index (χ1) is 13.4. The van der Waals surface area contributed by atoms with Gasteiger partial charge in [-0.15, -0.1) is 11.3 Å². The van der Waals surface area contributed by atoms with E-state index in [1.54, 1.807) is 47.8 Å². The van der Waals surface area contributed by atoms with Gasteiger partial charge in [-0.2, -0.15) is 0 Å². The van der Waals surface area contributed by atoms with Crippen LogP contribution in [0.4, 0.5) is 0 Å². The molecule has 0 unspecified atom stereocenters. The Hall–Kier alpha value is -2.60. The van der Waals surface area contributed by atoms with E-state index in [0.29, 0.717) is 26.1 Å². The fourth-order valence-electron chi connectivity index (χ4n) is 2.72. The number of esters is 1. The van der Waals surface area contributed by atoms with E-state index < -0.39 is 11.4 Å². The summed E-state index contributed by atoms with van der Waals surface area (Å²) in [6.07, 6.45) is 0. The molecule has 0 saturated heterocycles. The Bertz CT molecular complexity index is 1240. The molecule has 0 amide bonds. The molecule has 0 aliphatic rings. The normalized spacial score (nSPS) is 11.0. The molecule has 0 atom stereocenters. The fraction of sp³-hybridized carbons (Fsp3) is 0.0476. The number of carbonyl (C=O) groups excluding carboxylic acids is 1. The number of hydrogen-bond donors (Lipinski definition) is 0. The Balaban J connectivity index is 1.96. The lowest BCUT2D eigenvalue weighted by Gasteiger charge is -2.11. The molecule has 0 spiro atoms. The summed E-state index contributed by atoms with van der Waals surface area (Å²) in [5.74, 6) is -0.663. The van der Waals surface area contributed by atoms with Gasteiger partial charge in [-0.25, -0.2) is 4.79 Å². The van der Waals surface area contributed by atoms with Crippen molar-refractivity contribution in [3.8, 4) is 17.1 Å². The maximum absolute atomic E-state index is 13.1. The molecule has 4 nitrogen and oxygen atoms in total. The summed E-state index contributed by atoms with van der Waals surface area (Å²) in [5.41, 5.74) is 1.21. The Labute approximate surface area is 173 Å². The second kappa shape index (κ2) is 7.43. The van der Waals surface area contributed by atoms with E-state index in [0.717, 1.165) is 5.56 Å². The maximum Gasteiger partial charge on any atom is 0.353 e. The lowest BCUT2D eigenvalue weighted by molar-refractivity contribution is 0.0736. The van der Waals surface area contributed by atoms with Crippen molar-refractivity contribution in [3.63, 3.8) is 0 Å². The van der Waals surface area contributed by atoms with Crippen LogP contribution in [0.25, 0.3) is 22.3 Å². The van der Waals surface area contributed by atoms with Gasteiger partial charge < -0.3 is 9.15 Å².